The van der Waals surface area contributed by atoms with Crippen molar-refractivity contribution in [1.29, 1.82) is 0 Å². The molecule has 0 atom stereocenters. The largest absolute Gasteiger partial charge is 0.396 e. The first-order valence-electron chi connectivity index (χ1n) is 7.88. The zero-order chi connectivity index (χ0) is 12.1. The molecule has 2 rings (SSSR count). The minimum atomic E-state index is 0.424. The number of aliphatic hydroxyl groups is 1. The molecule has 0 aliphatic heterocycles. The highest BCUT2D eigenvalue weighted by molar-refractivity contribution is 4.75. The van der Waals surface area contributed by atoms with Crippen molar-refractivity contribution >= 4 is 0 Å². The van der Waals surface area contributed by atoms with E-state index in [0.717, 1.165) is 17.8 Å². The topological polar surface area (TPSA) is 20.2 Å². The number of rotatable bonds is 4. The molecule has 0 radical (unpaired) electrons. The molecule has 2 aliphatic carbocycles. The van der Waals surface area contributed by atoms with E-state index in [4.69, 9.17) is 5.11 Å². The number of aliphatic hydroxyl groups excluding tert-OH is 1. The van der Waals surface area contributed by atoms with Crippen molar-refractivity contribution in [2.24, 2.45) is 23.7 Å². The summed E-state index contributed by atoms with van der Waals surface area (Å²) in [7, 11) is 0. The molecular formula is C16H30O. The third kappa shape index (κ3) is 4.28. The van der Waals surface area contributed by atoms with Crippen LogP contribution in [0.3, 0.4) is 0 Å². The minimum Gasteiger partial charge on any atom is -0.396 e. The Kier molecular flexibility index (Phi) is 5.34. The third-order valence-electron chi connectivity index (χ3n) is 5.34. The van der Waals surface area contributed by atoms with Crippen molar-refractivity contribution in [3.05, 3.63) is 0 Å². The molecule has 17 heavy (non-hydrogen) atoms. The predicted octanol–water partition coefficient (Wildman–Crippen LogP) is 4.39. The van der Waals surface area contributed by atoms with Crippen molar-refractivity contribution < 1.29 is 5.11 Å². The maximum atomic E-state index is 9.14. The molecule has 2 aliphatic rings. The lowest BCUT2D eigenvalue weighted by atomic mass is 9.76. The molecule has 100 valence electrons. The van der Waals surface area contributed by atoms with Gasteiger partial charge in [-0.25, -0.2) is 0 Å². The van der Waals surface area contributed by atoms with Gasteiger partial charge in [0.1, 0.15) is 0 Å². The molecule has 1 nitrogen and oxygen atoms in total. The zero-order valence-corrected chi connectivity index (χ0v) is 11.5. The van der Waals surface area contributed by atoms with Crippen LogP contribution in [0.1, 0.15) is 71.1 Å². The smallest absolute Gasteiger partial charge is 0.0459 e. The molecular weight excluding hydrogens is 208 g/mol. The summed E-state index contributed by atoms with van der Waals surface area (Å²) in [5.41, 5.74) is 0. The maximum Gasteiger partial charge on any atom is 0.0459 e. The van der Waals surface area contributed by atoms with Gasteiger partial charge in [0.15, 0.2) is 0 Å². The van der Waals surface area contributed by atoms with Gasteiger partial charge in [-0.15, -0.1) is 0 Å². The van der Waals surface area contributed by atoms with Crippen LogP contribution in [0.2, 0.25) is 0 Å². The van der Waals surface area contributed by atoms with E-state index in [1.165, 1.54) is 64.2 Å². The summed E-state index contributed by atoms with van der Waals surface area (Å²) in [5, 5.41) is 9.14. The van der Waals surface area contributed by atoms with Crippen LogP contribution in [-0.2, 0) is 0 Å². The monoisotopic (exact) mass is 238 g/mol. The molecule has 1 heteroatoms. The van der Waals surface area contributed by atoms with Gasteiger partial charge in [0.2, 0.25) is 0 Å². The fraction of sp³-hybridized carbons (Fsp3) is 1.00. The van der Waals surface area contributed by atoms with Crippen molar-refractivity contribution in [3.63, 3.8) is 0 Å². The maximum absolute atomic E-state index is 9.14. The van der Waals surface area contributed by atoms with Gasteiger partial charge in [-0.1, -0.05) is 58.3 Å². The first-order chi connectivity index (χ1) is 8.28. The van der Waals surface area contributed by atoms with Gasteiger partial charge in [-0.05, 0) is 36.5 Å². The summed E-state index contributed by atoms with van der Waals surface area (Å²) < 4.78 is 0. The quantitative estimate of drug-likeness (QED) is 0.770. The van der Waals surface area contributed by atoms with Crippen molar-refractivity contribution in [2.75, 3.05) is 6.61 Å². The van der Waals surface area contributed by atoms with E-state index in [1.54, 1.807) is 0 Å². The Morgan fingerprint density at radius 2 is 1.12 bits per heavy atom. The van der Waals surface area contributed by atoms with Crippen LogP contribution in [0, 0.1) is 23.7 Å². The highest BCUT2D eigenvalue weighted by Crippen LogP contribution is 2.36. The normalized spacial score (nSPS) is 39.2. The molecule has 0 aromatic rings. The molecule has 0 aromatic heterocycles. The summed E-state index contributed by atoms with van der Waals surface area (Å²) in [6.45, 7) is 2.83. The van der Waals surface area contributed by atoms with E-state index < -0.39 is 0 Å². The predicted molar refractivity (Wildman–Crippen MR) is 72.9 cm³/mol. The fourth-order valence-corrected chi connectivity index (χ4v) is 3.79. The van der Waals surface area contributed by atoms with Crippen molar-refractivity contribution in [2.45, 2.75) is 71.1 Å². The summed E-state index contributed by atoms with van der Waals surface area (Å²) in [6.07, 6.45) is 14.2. The van der Waals surface area contributed by atoms with Crippen molar-refractivity contribution in [3.8, 4) is 0 Å². The lowest BCUT2D eigenvalue weighted by molar-refractivity contribution is 0.158. The van der Waals surface area contributed by atoms with E-state index in [1.807, 2.05) is 0 Å². The molecule has 2 saturated carbocycles. The first kappa shape index (κ1) is 13.4. The molecule has 0 bridgehead atoms. The van der Waals surface area contributed by atoms with Gasteiger partial charge < -0.3 is 5.11 Å². The Labute approximate surface area is 107 Å². The van der Waals surface area contributed by atoms with Gasteiger partial charge in [0.05, 0.1) is 0 Å². The number of hydrogen-bond donors (Lipinski definition) is 1. The first-order valence-corrected chi connectivity index (χ1v) is 7.88. The van der Waals surface area contributed by atoms with Gasteiger partial charge in [0.25, 0.3) is 0 Å². The van der Waals surface area contributed by atoms with Crippen LogP contribution in [0.5, 0.6) is 0 Å². The second-order valence-electron chi connectivity index (χ2n) is 6.77. The van der Waals surface area contributed by atoms with Crippen LogP contribution < -0.4 is 0 Å². The van der Waals surface area contributed by atoms with E-state index in [0.29, 0.717) is 12.5 Å². The molecule has 1 N–H and O–H groups in total. The SMILES string of the molecule is C[C@H]1CC[C@H](CC[C@H]2CC[C@H](CO)CC2)CC1. The third-order valence-corrected chi connectivity index (χ3v) is 5.34. The van der Waals surface area contributed by atoms with E-state index >= 15 is 0 Å². The molecule has 2 fully saturated rings. The van der Waals surface area contributed by atoms with Crippen molar-refractivity contribution in [1.82, 2.24) is 0 Å². The van der Waals surface area contributed by atoms with Crippen LogP contribution in [-0.4, -0.2) is 11.7 Å². The van der Waals surface area contributed by atoms with Gasteiger partial charge in [0, 0.05) is 6.61 Å². The molecule has 0 unspecified atom stereocenters. The molecule has 0 amide bonds. The van der Waals surface area contributed by atoms with Crippen LogP contribution >= 0.6 is 0 Å². The van der Waals surface area contributed by atoms with Crippen LogP contribution in [0.4, 0.5) is 0 Å². The Hall–Kier alpha value is -0.0400. The lowest BCUT2D eigenvalue weighted by Crippen LogP contribution is -2.19. The highest BCUT2D eigenvalue weighted by atomic mass is 16.3. The van der Waals surface area contributed by atoms with Gasteiger partial charge in [-0.2, -0.15) is 0 Å². The summed E-state index contributed by atoms with van der Waals surface area (Å²) in [5.74, 6) is 3.65. The molecule has 0 spiro atoms. The Bertz CT molecular complexity index is 198. The van der Waals surface area contributed by atoms with E-state index in [2.05, 4.69) is 6.92 Å². The van der Waals surface area contributed by atoms with E-state index in [9.17, 15) is 0 Å². The Morgan fingerprint density at radius 3 is 1.59 bits per heavy atom. The van der Waals surface area contributed by atoms with Gasteiger partial charge >= 0.3 is 0 Å². The molecule has 0 saturated heterocycles. The molecule has 0 aromatic carbocycles. The summed E-state index contributed by atoms with van der Waals surface area (Å²) >= 11 is 0. The van der Waals surface area contributed by atoms with Gasteiger partial charge in [-0.3, -0.25) is 0 Å². The lowest BCUT2D eigenvalue weighted by Gasteiger charge is -2.30. The number of hydrogen-bond acceptors (Lipinski definition) is 1. The average molecular weight is 238 g/mol. The standard InChI is InChI=1S/C16H30O/c1-13-2-4-14(5-3-13)6-7-15-8-10-16(12-17)11-9-15/h13-17H,2-12H2,1H3/t13-,14-,15-,16-. The summed E-state index contributed by atoms with van der Waals surface area (Å²) in [4.78, 5) is 0. The zero-order valence-electron chi connectivity index (χ0n) is 11.5. The molecule has 0 heterocycles. The Balaban J connectivity index is 1.59. The minimum absolute atomic E-state index is 0.424. The second kappa shape index (κ2) is 6.78. The van der Waals surface area contributed by atoms with Crippen LogP contribution in [0.25, 0.3) is 0 Å². The van der Waals surface area contributed by atoms with Crippen LogP contribution in [0.15, 0.2) is 0 Å². The second-order valence-corrected chi connectivity index (χ2v) is 6.77. The fourth-order valence-electron chi connectivity index (χ4n) is 3.79. The highest BCUT2D eigenvalue weighted by Gasteiger charge is 2.23. The average Bonchev–Trinajstić information content (AvgIpc) is 2.39. The Morgan fingerprint density at radius 1 is 0.706 bits per heavy atom. The summed E-state index contributed by atoms with van der Waals surface area (Å²) in [6, 6.07) is 0. The van der Waals surface area contributed by atoms with E-state index in [-0.39, 0.29) is 0 Å².